The number of carbonyl (C=O) groups is 3. The Morgan fingerprint density at radius 1 is 1.40 bits per heavy atom. The van der Waals surface area contributed by atoms with E-state index < -0.39 is 28.8 Å². The van der Waals surface area contributed by atoms with E-state index in [0.717, 1.165) is 0 Å². The zero-order valence-corrected chi connectivity index (χ0v) is 12.7. The quantitative estimate of drug-likeness (QED) is 0.647. The van der Waals surface area contributed by atoms with Crippen molar-refractivity contribution in [3.05, 3.63) is 0 Å². The molecular formula is C12H19N3O4S. The molecule has 2 heterocycles. The van der Waals surface area contributed by atoms with Crippen LogP contribution in [-0.4, -0.2) is 56.2 Å². The number of carbonyl (C=O) groups excluding carboxylic acids is 2. The van der Waals surface area contributed by atoms with E-state index >= 15 is 0 Å². The molecule has 0 bridgehead atoms. The molecule has 8 heteroatoms. The van der Waals surface area contributed by atoms with Gasteiger partial charge >= 0.3 is 12.0 Å². The van der Waals surface area contributed by atoms with Crippen LogP contribution in [0.1, 0.15) is 27.7 Å². The molecular weight excluding hydrogens is 282 g/mol. The molecule has 3 amide bonds. The summed E-state index contributed by atoms with van der Waals surface area (Å²) in [7, 11) is 0. The number of amides is 3. The fraction of sp³-hybridized carbons (Fsp3) is 0.750. The molecule has 2 saturated heterocycles. The van der Waals surface area contributed by atoms with Crippen LogP contribution in [0.4, 0.5) is 4.79 Å². The van der Waals surface area contributed by atoms with Gasteiger partial charge in [0.2, 0.25) is 5.91 Å². The topological polar surface area (TPSA) is 98.7 Å². The minimum atomic E-state index is -1.01. The summed E-state index contributed by atoms with van der Waals surface area (Å²) in [5.41, 5.74) is 0. The summed E-state index contributed by atoms with van der Waals surface area (Å²) >= 11 is 1.41. The molecule has 0 spiro atoms. The molecule has 0 unspecified atom stereocenters. The number of rotatable bonds is 3. The van der Waals surface area contributed by atoms with Gasteiger partial charge in [0, 0.05) is 10.8 Å². The van der Waals surface area contributed by atoms with Crippen molar-refractivity contribution in [2.75, 3.05) is 0 Å². The molecule has 20 heavy (non-hydrogen) atoms. The highest BCUT2D eigenvalue weighted by atomic mass is 32.2. The smallest absolute Gasteiger partial charge is 0.327 e. The van der Waals surface area contributed by atoms with E-state index in [0.29, 0.717) is 0 Å². The number of hydrogen-bond acceptors (Lipinski definition) is 4. The van der Waals surface area contributed by atoms with E-state index in [-0.39, 0.29) is 17.3 Å². The van der Waals surface area contributed by atoms with Gasteiger partial charge in [0.25, 0.3) is 0 Å². The van der Waals surface area contributed by atoms with Crippen molar-refractivity contribution in [1.82, 2.24) is 15.5 Å². The molecule has 3 N–H and O–H groups in total. The standard InChI is InChI=1S/C12H19N3O4S/c1-5(2)13-11(19)14-6-8(16)15-7(10(17)18)12(3,4)20-9(6)15/h5-7,9H,1-4H3,(H,17,18)(H2,13,14,19)/t6-,7+,9-/m1/s1. The van der Waals surface area contributed by atoms with Gasteiger partial charge in [0.15, 0.2) is 0 Å². The Kier molecular flexibility index (Phi) is 3.62. The molecule has 0 saturated carbocycles. The third-order valence-electron chi connectivity index (χ3n) is 3.38. The number of β-lactam (4-membered cyclic amide) rings is 1. The van der Waals surface area contributed by atoms with Crippen molar-refractivity contribution in [3.8, 4) is 0 Å². The second kappa shape index (κ2) is 4.83. The number of carboxylic acids is 1. The van der Waals surface area contributed by atoms with Crippen LogP contribution in [0.15, 0.2) is 0 Å². The number of carboxylic acid groups (broad SMARTS) is 1. The SMILES string of the molecule is CC(C)NC(=O)N[C@@H]1C(=O)N2[C@@H]1SC(C)(C)[C@@H]2C(=O)O. The first-order valence-corrected chi connectivity index (χ1v) is 7.33. The van der Waals surface area contributed by atoms with Gasteiger partial charge in [-0.15, -0.1) is 11.8 Å². The lowest BCUT2D eigenvalue weighted by Crippen LogP contribution is -2.71. The molecule has 2 rings (SSSR count). The molecule has 7 nitrogen and oxygen atoms in total. The summed E-state index contributed by atoms with van der Waals surface area (Å²) < 4.78 is -0.572. The Bertz CT molecular complexity index is 466. The summed E-state index contributed by atoms with van der Waals surface area (Å²) in [5, 5.41) is 14.2. The first-order valence-electron chi connectivity index (χ1n) is 6.45. The summed E-state index contributed by atoms with van der Waals surface area (Å²) in [5.74, 6) is -1.34. The molecule has 0 aromatic rings. The van der Waals surface area contributed by atoms with Crippen LogP contribution in [-0.2, 0) is 9.59 Å². The highest BCUT2D eigenvalue weighted by Crippen LogP contribution is 2.50. The number of thioether (sulfide) groups is 1. The normalized spacial score (nSPS) is 30.8. The Labute approximate surface area is 121 Å². The maximum atomic E-state index is 12.1. The van der Waals surface area contributed by atoms with E-state index in [2.05, 4.69) is 10.6 Å². The summed E-state index contributed by atoms with van der Waals surface area (Å²) in [6.07, 6.45) is 0. The van der Waals surface area contributed by atoms with Crippen molar-refractivity contribution < 1.29 is 19.5 Å². The van der Waals surface area contributed by atoms with Gasteiger partial charge in [-0.1, -0.05) is 0 Å². The van der Waals surface area contributed by atoms with Gasteiger partial charge < -0.3 is 20.6 Å². The monoisotopic (exact) mass is 301 g/mol. The van der Waals surface area contributed by atoms with Crippen molar-refractivity contribution in [3.63, 3.8) is 0 Å². The van der Waals surface area contributed by atoms with E-state index in [4.69, 9.17) is 0 Å². The third-order valence-corrected chi connectivity index (χ3v) is 4.95. The molecule has 2 fully saturated rings. The van der Waals surface area contributed by atoms with E-state index in [1.165, 1.54) is 16.7 Å². The van der Waals surface area contributed by atoms with Crippen LogP contribution < -0.4 is 10.6 Å². The minimum absolute atomic E-state index is 0.0271. The predicted molar refractivity (Wildman–Crippen MR) is 74.3 cm³/mol. The molecule has 2 aliphatic heterocycles. The van der Waals surface area contributed by atoms with E-state index in [1.807, 2.05) is 13.8 Å². The van der Waals surface area contributed by atoms with E-state index in [9.17, 15) is 19.5 Å². The average molecular weight is 301 g/mol. The van der Waals surface area contributed by atoms with Crippen LogP contribution in [0.5, 0.6) is 0 Å². The second-order valence-electron chi connectivity index (χ2n) is 5.85. The van der Waals surface area contributed by atoms with Crippen molar-refractivity contribution in [1.29, 1.82) is 0 Å². The van der Waals surface area contributed by atoms with Crippen molar-refractivity contribution in [2.24, 2.45) is 0 Å². The lowest BCUT2D eigenvalue weighted by Gasteiger charge is -2.43. The molecule has 0 aromatic carbocycles. The molecule has 0 aliphatic carbocycles. The zero-order valence-electron chi connectivity index (χ0n) is 11.8. The number of nitrogens with one attached hydrogen (secondary N) is 2. The van der Waals surface area contributed by atoms with Crippen LogP contribution in [0.25, 0.3) is 0 Å². The fourth-order valence-corrected chi connectivity index (χ4v) is 4.22. The van der Waals surface area contributed by atoms with Crippen LogP contribution in [0, 0.1) is 0 Å². The van der Waals surface area contributed by atoms with Gasteiger partial charge in [-0.3, -0.25) is 4.79 Å². The summed E-state index contributed by atoms with van der Waals surface area (Å²) in [6.45, 7) is 7.24. The first kappa shape index (κ1) is 15.0. The molecule has 2 aliphatic rings. The lowest BCUT2D eigenvalue weighted by atomic mass is 9.96. The highest BCUT2D eigenvalue weighted by Gasteiger charge is 2.64. The van der Waals surface area contributed by atoms with Crippen LogP contribution in [0.3, 0.4) is 0 Å². The number of urea groups is 1. The zero-order chi connectivity index (χ0) is 15.2. The predicted octanol–water partition coefficient (Wildman–Crippen LogP) is 0.210. The number of hydrogen-bond donors (Lipinski definition) is 3. The van der Waals surface area contributed by atoms with Gasteiger partial charge in [-0.05, 0) is 27.7 Å². The van der Waals surface area contributed by atoms with Crippen LogP contribution >= 0.6 is 11.8 Å². The minimum Gasteiger partial charge on any atom is -0.480 e. The lowest BCUT2D eigenvalue weighted by molar-refractivity contribution is -0.159. The Hall–Kier alpha value is -1.44. The average Bonchev–Trinajstić information content (AvgIpc) is 2.54. The van der Waals surface area contributed by atoms with Gasteiger partial charge in [-0.25, -0.2) is 9.59 Å². The Morgan fingerprint density at radius 2 is 2.00 bits per heavy atom. The third kappa shape index (κ3) is 2.32. The Balaban J connectivity index is 2.07. The largest absolute Gasteiger partial charge is 0.480 e. The maximum absolute atomic E-state index is 12.1. The second-order valence-corrected chi connectivity index (χ2v) is 7.62. The number of fused-ring (bicyclic) bond motifs is 1. The van der Waals surface area contributed by atoms with Crippen LogP contribution in [0.2, 0.25) is 0 Å². The summed E-state index contributed by atoms with van der Waals surface area (Å²) in [6, 6.07) is -1.94. The summed E-state index contributed by atoms with van der Waals surface area (Å²) in [4.78, 5) is 36.4. The fourth-order valence-electron chi connectivity index (χ4n) is 2.59. The number of aliphatic carboxylic acids is 1. The van der Waals surface area contributed by atoms with Crippen molar-refractivity contribution in [2.45, 2.75) is 55.9 Å². The van der Waals surface area contributed by atoms with Gasteiger partial charge in [-0.2, -0.15) is 0 Å². The first-order chi connectivity index (χ1) is 9.15. The molecule has 112 valence electrons. The highest BCUT2D eigenvalue weighted by molar-refractivity contribution is 8.01. The molecule has 0 aromatic heterocycles. The number of nitrogens with zero attached hydrogens (tertiary/aromatic N) is 1. The van der Waals surface area contributed by atoms with E-state index in [1.54, 1.807) is 13.8 Å². The molecule has 3 atom stereocenters. The Morgan fingerprint density at radius 3 is 2.50 bits per heavy atom. The molecule has 0 radical (unpaired) electrons. The maximum Gasteiger partial charge on any atom is 0.327 e. The van der Waals surface area contributed by atoms with Gasteiger partial charge in [0.1, 0.15) is 17.5 Å². The van der Waals surface area contributed by atoms with Gasteiger partial charge in [0.05, 0.1) is 0 Å². The van der Waals surface area contributed by atoms with Crippen molar-refractivity contribution >= 4 is 29.7 Å².